The molecular formula is C14H18N2O4. The summed E-state index contributed by atoms with van der Waals surface area (Å²) in [6, 6.07) is 6.11. The lowest BCUT2D eigenvalue weighted by Gasteiger charge is -2.17. The fourth-order valence-corrected chi connectivity index (χ4v) is 2.29. The maximum atomic E-state index is 11.9. The maximum Gasteiger partial charge on any atom is 0.269 e. The lowest BCUT2D eigenvalue weighted by Crippen LogP contribution is -2.38. The van der Waals surface area contributed by atoms with Crippen molar-refractivity contribution in [2.45, 2.75) is 31.7 Å². The number of nitro groups is 1. The maximum absolute atomic E-state index is 11.9. The predicted octanol–water partition coefficient (Wildman–Crippen LogP) is 1.41. The molecule has 1 aromatic rings. The van der Waals surface area contributed by atoms with Gasteiger partial charge in [-0.05, 0) is 30.7 Å². The van der Waals surface area contributed by atoms with Gasteiger partial charge in [0, 0.05) is 24.8 Å². The van der Waals surface area contributed by atoms with E-state index in [1.165, 1.54) is 12.1 Å². The van der Waals surface area contributed by atoms with E-state index in [1.54, 1.807) is 12.1 Å². The minimum Gasteiger partial charge on any atom is -0.396 e. The van der Waals surface area contributed by atoms with E-state index in [-0.39, 0.29) is 30.7 Å². The average Bonchev–Trinajstić information content (AvgIpc) is 3.22. The van der Waals surface area contributed by atoms with Crippen molar-refractivity contribution in [2.75, 3.05) is 6.61 Å². The van der Waals surface area contributed by atoms with Crippen LogP contribution in [0.3, 0.4) is 0 Å². The number of hydrogen-bond acceptors (Lipinski definition) is 4. The first kappa shape index (κ1) is 14.5. The molecule has 1 aromatic carbocycles. The van der Waals surface area contributed by atoms with Gasteiger partial charge in [0.2, 0.25) is 5.91 Å². The Bertz CT molecular complexity index is 500. The zero-order chi connectivity index (χ0) is 14.5. The van der Waals surface area contributed by atoms with Crippen molar-refractivity contribution < 1.29 is 14.8 Å². The van der Waals surface area contributed by atoms with Gasteiger partial charge in [0.15, 0.2) is 0 Å². The third kappa shape index (κ3) is 4.03. The fraction of sp³-hybridized carbons (Fsp3) is 0.500. The number of hydrogen-bond donors (Lipinski definition) is 2. The fourth-order valence-electron chi connectivity index (χ4n) is 2.29. The number of aliphatic hydroxyl groups is 1. The van der Waals surface area contributed by atoms with Crippen LogP contribution in [0.15, 0.2) is 24.3 Å². The van der Waals surface area contributed by atoms with Crippen LogP contribution < -0.4 is 5.32 Å². The van der Waals surface area contributed by atoms with Crippen LogP contribution in [0.5, 0.6) is 0 Å². The van der Waals surface area contributed by atoms with E-state index in [2.05, 4.69) is 5.32 Å². The van der Waals surface area contributed by atoms with E-state index in [0.29, 0.717) is 17.9 Å². The van der Waals surface area contributed by atoms with Crippen molar-refractivity contribution >= 4 is 11.6 Å². The highest BCUT2D eigenvalue weighted by atomic mass is 16.6. The van der Waals surface area contributed by atoms with Gasteiger partial charge in [-0.2, -0.15) is 0 Å². The Hall–Kier alpha value is -1.95. The molecule has 2 N–H and O–H groups in total. The highest BCUT2D eigenvalue weighted by Crippen LogP contribution is 2.33. The lowest BCUT2D eigenvalue weighted by molar-refractivity contribution is -0.384. The van der Waals surface area contributed by atoms with Gasteiger partial charge in [-0.1, -0.05) is 12.1 Å². The number of nitrogens with zero attached hydrogens (tertiary/aromatic N) is 1. The van der Waals surface area contributed by atoms with Crippen molar-refractivity contribution in [2.24, 2.45) is 5.92 Å². The van der Waals surface area contributed by atoms with E-state index in [4.69, 9.17) is 5.11 Å². The molecule has 6 heteroatoms. The molecule has 1 fully saturated rings. The van der Waals surface area contributed by atoms with Crippen molar-refractivity contribution in [1.82, 2.24) is 5.32 Å². The second kappa shape index (κ2) is 6.47. The first-order valence-electron chi connectivity index (χ1n) is 6.73. The van der Waals surface area contributed by atoms with Gasteiger partial charge in [0.05, 0.1) is 11.3 Å². The largest absolute Gasteiger partial charge is 0.396 e. The van der Waals surface area contributed by atoms with Crippen LogP contribution in [0.1, 0.15) is 24.8 Å². The number of nitro benzene ring substituents is 1. The summed E-state index contributed by atoms with van der Waals surface area (Å²) < 4.78 is 0. The van der Waals surface area contributed by atoms with Gasteiger partial charge in [-0.15, -0.1) is 0 Å². The van der Waals surface area contributed by atoms with Crippen LogP contribution in [0.25, 0.3) is 0 Å². The number of aliphatic hydroxyl groups excluding tert-OH is 1. The van der Waals surface area contributed by atoms with Crippen molar-refractivity contribution in [3.8, 4) is 0 Å². The molecule has 1 saturated carbocycles. The Morgan fingerprint density at radius 3 is 2.85 bits per heavy atom. The van der Waals surface area contributed by atoms with Crippen LogP contribution in [-0.4, -0.2) is 28.6 Å². The topological polar surface area (TPSA) is 92.5 Å². The summed E-state index contributed by atoms with van der Waals surface area (Å²) in [5.74, 6) is 0.312. The molecule has 0 bridgehead atoms. The van der Waals surface area contributed by atoms with E-state index >= 15 is 0 Å². The molecular weight excluding hydrogens is 260 g/mol. The second-order valence-electron chi connectivity index (χ2n) is 5.13. The Morgan fingerprint density at radius 1 is 1.50 bits per heavy atom. The highest BCUT2D eigenvalue weighted by molar-refractivity contribution is 5.79. The van der Waals surface area contributed by atoms with Gasteiger partial charge in [0.25, 0.3) is 5.69 Å². The summed E-state index contributed by atoms with van der Waals surface area (Å²) in [6.07, 6.45) is 2.85. The Labute approximate surface area is 117 Å². The first-order chi connectivity index (χ1) is 9.60. The van der Waals surface area contributed by atoms with Gasteiger partial charge in [0.1, 0.15) is 0 Å². The number of non-ortho nitro benzene ring substituents is 1. The molecule has 108 valence electrons. The number of benzene rings is 1. The molecule has 0 spiro atoms. The van der Waals surface area contributed by atoms with Crippen LogP contribution >= 0.6 is 0 Å². The Morgan fingerprint density at radius 2 is 2.25 bits per heavy atom. The minimum atomic E-state index is -0.472. The third-order valence-corrected chi connectivity index (χ3v) is 3.46. The molecule has 6 nitrogen and oxygen atoms in total. The monoisotopic (exact) mass is 278 g/mol. The van der Waals surface area contributed by atoms with Crippen molar-refractivity contribution in [3.05, 3.63) is 39.9 Å². The molecule has 1 amide bonds. The van der Waals surface area contributed by atoms with Crippen molar-refractivity contribution in [1.29, 1.82) is 0 Å². The second-order valence-corrected chi connectivity index (χ2v) is 5.13. The average molecular weight is 278 g/mol. The predicted molar refractivity (Wildman–Crippen MR) is 73.2 cm³/mol. The molecule has 0 aromatic heterocycles. The van der Waals surface area contributed by atoms with Gasteiger partial charge < -0.3 is 10.4 Å². The first-order valence-corrected chi connectivity index (χ1v) is 6.73. The number of nitrogens with one attached hydrogen (secondary N) is 1. The normalized spacial score (nSPS) is 15.7. The molecule has 1 unspecified atom stereocenters. The molecule has 1 aliphatic rings. The highest BCUT2D eigenvalue weighted by Gasteiger charge is 2.31. The lowest BCUT2D eigenvalue weighted by atomic mass is 10.1. The third-order valence-electron chi connectivity index (χ3n) is 3.46. The van der Waals surface area contributed by atoms with Crippen LogP contribution in [0, 0.1) is 16.0 Å². The standard InChI is InChI=1S/C14H18N2O4/c17-7-6-13(11-4-5-11)15-14(18)9-10-2-1-3-12(8-10)16(19)20/h1-3,8,11,13,17H,4-7,9H2,(H,15,18). The van der Waals surface area contributed by atoms with E-state index in [1.807, 2.05) is 0 Å². The number of carbonyl (C=O) groups excluding carboxylic acids is 1. The Balaban J connectivity index is 1.93. The molecule has 0 aliphatic heterocycles. The summed E-state index contributed by atoms with van der Waals surface area (Å²) in [7, 11) is 0. The summed E-state index contributed by atoms with van der Waals surface area (Å²) in [4.78, 5) is 22.2. The quantitative estimate of drug-likeness (QED) is 0.582. The minimum absolute atomic E-state index is 0.00981. The van der Waals surface area contributed by atoms with Gasteiger partial charge >= 0.3 is 0 Å². The van der Waals surface area contributed by atoms with E-state index in [0.717, 1.165) is 12.8 Å². The number of amides is 1. The molecule has 1 atom stereocenters. The molecule has 0 heterocycles. The summed E-state index contributed by atoms with van der Waals surface area (Å²) in [5, 5.41) is 22.6. The molecule has 0 radical (unpaired) electrons. The molecule has 0 saturated heterocycles. The zero-order valence-electron chi connectivity index (χ0n) is 11.1. The SMILES string of the molecule is O=C(Cc1cccc([N+](=O)[O-])c1)NC(CCO)C1CC1. The van der Waals surface area contributed by atoms with Gasteiger partial charge in [-0.3, -0.25) is 14.9 Å². The van der Waals surface area contributed by atoms with E-state index in [9.17, 15) is 14.9 Å². The summed E-state index contributed by atoms with van der Waals surface area (Å²) in [5.41, 5.74) is 0.611. The molecule has 2 rings (SSSR count). The van der Waals surface area contributed by atoms with E-state index < -0.39 is 4.92 Å². The summed E-state index contributed by atoms with van der Waals surface area (Å²) >= 11 is 0. The molecule has 1 aliphatic carbocycles. The van der Waals surface area contributed by atoms with Gasteiger partial charge in [-0.25, -0.2) is 0 Å². The van der Waals surface area contributed by atoms with Crippen molar-refractivity contribution in [3.63, 3.8) is 0 Å². The summed E-state index contributed by atoms with van der Waals surface area (Å²) in [6.45, 7) is 0.0538. The molecule has 20 heavy (non-hydrogen) atoms. The zero-order valence-corrected chi connectivity index (χ0v) is 11.1. The Kier molecular flexibility index (Phi) is 4.68. The smallest absolute Gasteiger partial charge is 0.269 e. The number of rotatable bonds is 7. The van der Waals surface area contributed by atoms with Crippen LogP contribution in [0.4, 0.5) is 5.69 Å². The van der Waals surface area contributed by atoms with Crippen LogP contribution in [-0.2, 0) is 11.2 Å². The number of carbonyl (C=O) groups is 1. The van der Waals surface area contributed by atoms with Crippen LogP contribution in [0.2, 0.25) is 0 Å².